The summed E-state index contributed by atoms with van der Waals surface area (Å²) in [5.74, 6) is -1.63. The number of rotatable bonds is 4. The minimum absolute atomic E-state index is 0.148. The van der Waals surface area contributed by atoms with Crippen LogP contribution in [0.1, 0.15) is 15.9 Å². The van der Waals surface area contributed by atoms with E-state index in [1.54, 1.807) is 11.0 Å². The quantitative estimate of drug-likeness (QED) is 0.733. The zero-order valence-corrected chi connectivity index (χ0v) is 16.4. The highest BCUT2D eigenvalue weighted by atomic mass is 35.5. The summed E-state index contributed by atoms with van der Waals surface area (Å²) >= 11 is 5.78. The van der Waals surface area contributed by atoms with E-state index in [9.17, 15) is 27.9 Å². The van der Waals surface area contributed by atoms with Crippen molar-refractivity contribution in [1.29, 1.82) is 0 Å². The molecule has 0 bridgehead atoms. The van der Waals surface area contributed by atoms with Gasteiger partial charge in [0.15, 0.2) is 6.61 Å². The van der Waals surface area contributed by atoms with Gasteiger partial charge in [-0.25, -0.2) is 4.79 Å². The van der Waals surface area contributed by atoms with Crippen LogP contribution < -0.4 is 4.90 Å². The topological polar surface area (TPSA) is 70.1 Å². The molecule has 0 saturated carbocycles. The maximum atomic E-state index is 12.9. The molecule has 10 heteroatoms. The monoisotopic (exact) mass is 442 g/mol. The van der Waals surface area contributed by atoms with Crippen molar-refractivity contribution in [3.8, 4) is 5.75 Å². The fraction of sp³-hybridized carbons (Fsp3) is 0.300. The highest BCUT2D eigenvalue weighted by molar-refractivity contribution is 6.31. The number of esters is 1. The molecule has 2 aromatic rings. The third-order valence-electron chi connectivity index (χ3n) is 4.68. The van der Waals surface area contributed by atoms with Gasteiger partial charge in [-0.3, -0.25) is 4.79 Å². The Balaban J connectivity index is 1.53. The summed E-state index contributed by atoms with van der Waals surface area (Å²) in [6.07, 6.45) is -4.42. The average molecular weight is 443 g/mol. The van der Waals surface area contributed by atoms with E-state index in [2.05, 4.69) is 0 Å². The largest absolute Gasteiger partial charge is 0.507 e. The lowest BCUT2D eigenvalue weighted by Gasteiger charge is -2.36. The number of amides is 1. The first kappa shape index (κ1) is 21.8. The van der Waals surface area contributed by atoms with E-state index in [4.69, 9.17) is 16.3 Å². The van der Waals surface area contributed by atoms with Gasteiger partial charge in [0.1, 0.15) is 11.3 Å². The highest BCUT2D eigenvalue weighted by Gasteiger charge is 2.31. The fourth-order valence-electron chi connectivity index (χ4n) is 3.06. The van der Waals surface area contributed by atoms with E-state index in [-0.39, 0.29) is 29.4 Å². The van der Waals surface area contributed by atoms with Crippen molar-refractivity contribution in [3.63, 3.8) is 0 Å². The van der Waals surface area contributed by atoms with E-state index in [1.165, 1.54) is 29.2 Å². The van der Waals surface area contributed by atoms with Gasteiger partial charge < -0.3 is 19.6 Å². The van der Waals surface area contributed by atoms with Crippen LogP contribution in [-0.2, 0) is 15.7 Å². The average Bonchev–Trinajstić information content (AvgIpc) is 2.73. The van der Waals surface area contributed by atoms with Gasteiger partial charge in [0.05, 0.1) is 5.56 Å². The molecular formula is C20H18ClF3N2O4. The third-order valence-corrected chi connectivity index (χ3v) is 4.91. The molecule has 2 aromatic carbocycles. The van der Waals surface area contributed by atoms with Crippen molar-refractivity contribution in [3.05, 3.63) is 58.6 Å². The molecule has 1 N–H and O–H groups in total. The number of ether oxygens (including phenoxy) is 1. The highest BCUT2D eigenvalue weighted by Crippen LogP contribution is 2.32. The van der Waals surface area contributed by atoms with Gasteiger partial charge >= 0.3 is 12.1 Å². The van der Waals surface area contributed by atoms with Gasteiger partial charge in [-0.2, -0.15) is 13.2 Å². The molecule has 1 heterocycles. The molecule has 1 aliphatic rings. The molecule has 3 rings (SSSR count). The molecule has 0 radical (unpaired) electrons. The van der Waals surface area contributed by atoms with Crippen LogP contribution in [0.5, 0.6) is 5.75 Å². The number of anilines is 1. The Morgan fingerprint density at radius 2 is 1.77 bits per heavy atom. The van der Waals surface area contributed by atoms with Crippen molar-refractivity contribution in [2.24, 2.45) is 0 Å². The molecule has 1 fully saturated rings. The number of aromatic hydroxyl groups is 1. The number of phenols is 1. The number of nitrogens with zero attached hydrogens (tertiary/aromatic N) is 2. The van der Waals surface area contributed by atoms with Crippen LogP contribution in [0.25, 0.3) is 0 Å². The van der Waals surface area contributed by atoms with E-state index in [0.29, 0.717) is 18.8 Å². The zero-order valence-electron chi connectivity index (χ0n) is 15.7. The lowest BCUT2D eigenvalue weighted by molar-refractivity contribution is -0.137. The second-order valence-corrected chi connectivity index (χ2v) is 7.09. The zero-order chi connectivity index (χ0) is 21.9. The van der Waals surface area contributed by atoms with Crippen LogP contribution in [0.3, 0.4) is 0 Å². The van der Waals surface area contributed by atoms with Crippen LogP contribution in [-0.4, -0.2) is 54.7 Å². The molecule has 1 saturated heterocycles. The summed E-state index contributed by atoms with van der Waals surface area (Å²) in [6, 6.07) is 8.91. The first-order valence-corrected chi connectivity index (χ1v) is 9.38. The van der Waals surface area contributed by atoms with Gasteiger partial charge in [-0.15, -0.1) is 0 Å². The summed E-state index contributed by atoms with van der Waals surface area (Å²) < 4.78 is 43.6. The lowest BCUT2D eigenvalue weighted by Crippen LogP contribution is -2.50. The number of carbonyl (C=O) groups is 2. The minimum atomic E-state index is -4.42. The van der Waals surface area contributed by atoms with Crippen molar-refractivity contribution in [2.45, 2.75) is 6.18 Å². The Hall–Kier alpha value is -2.94. The first-order valence-electron chi connectivity index (χ1n) is 9.01. The van der Waals surface area contributed by atoms with Crippen LogP contribution >= 0.6 is 11.6 Å². The Bertz CT molecular complexity index is 944. The molecule has 1 aliphatic heterocycles. The lowest BCUT2D eigenvalue weighted by atomic mass is 10.1. The minimum Gasteiger partial charge on any atom is -0.507 e. The Kier molecular flexibility index (Phi) is 6.40. The molecule has 0 spiro atoms. The number of alkyl halides is 3. The Morgan fingerprint density at radius 1 is 1.07 bits per heavy atom. The fourth-order valence-corrected chi connectivity index (χ4v) is 3.23. The van der Waals surface area contributed by atoms with E-state index < -0.39 is 30.2 Å². The van der Waals surface area contributed by atoms with Crippen LogP contribution in [0.15, 0.2) is 42.5 Å². The number of halogens is 4. The normalized spacial score (nSPS) is 14.5. The SMILES string of the molecule is O=C(OCC(=O)N1CCN(c2cccc(C(F)(F)F)c2)CC1)c1cc(Cl)ccc1O. The molecule has 6 nitrogen and oxygen atoms in total. The van der Waals surface area contributed by atoms with Gasteiger partial charge in [-0.05, 0) is 36.4 Å². The molecule has 0 atom stereocenters. The predicted molar refractivity (Wildman–Crippen MR) is 104 cm³/mol. The second kappa shape index (κ2) is 8.83. The Morgan fingerprint density at radius 3 is 2.43 bits per heavy atom. The number of phenolic OH excluding ortho intramolecular Hbond substituents is 1. The van der Waals surface area contributed by atoms with E-state index in [0.717, 1.165) is 12.1 Å². The predicted octanol–water partition coefficient (Wildman–Crippen LogP) is 3.57. The van der Waals surface area contributed by atoms with Gasteiger partial charge in [0, 0.05) is 36.9 Å². The van der Waals surface area contributed by atoms with Gasteiger partial charge in [0.2, 0.25) is 0 Å². The number of hydrogen-bond donors (Lipinski definition) is 1. The second-order valence-electron chi connectivity index (χ2n) is 6.65. The molecule has 0 unspecified atom stereocenters. The molecule has 0 aromatic heterocycles. The van der Waals surface area contributed by atoms with Crippen molar-refractivity contribution in [2.75, 3.05) is 37.7 Å². The maximum absolute atomic E-state index is 12.9. The summed E-state index contributed by atoms with van der Waals surface area (Å²) in [6.45, 7) is 0.713. The van der Waals surface area contributed by atoms with Gasteiger partial charge in [0.25, 0.3) is 5.91 Å². The molecule has 0 aliphatic carbocycles. The molecule has 1 amide bonds. The van der Waals surface area contributed by atoms with E-state index in [1.807, 2.05) is 0 Å². The van der Waals surface area contributed by atoms with Crippen molar-refractivity contribution >= 4 is 29.2 Å². The van der Waals surface area contributed by atoms with E-state index >= 15 is 0 Å². The number of benzene rings is 2. The third kappa shape index (κ3) is 5.15. The van der Waals surface area contributed by atoms with Crippen molar-refractivity contribution < 1.29 is 32.6 Å². The first-order chi connectivity index (χ1) is 14.1. The number of hydrogen-bond acceptors (Lipinski definition) is 5. The smallest absolute Gasteiger partial charge is 0.416 e. The van der Waals surface area contributed by atoms with Crippen LogP contribution in [0, 0.1) is 0 Å². The Labute approximate surface area is 175 Å². The summed E-state index contributed by atoms with van der Waals surface area (Å²) in [7, 11) is 0. The molecular weight excluding hydrogens is 425 g/mol. The summed E-state index contributed by atoms with van der Waals surface area (Å²) in [5, 5.41) is 9.93. The number of carbonyl (C=O) groups excluding carboxylic acids is 2. The standard InChI is InChI=1S/C20H18ClF3N2O4/c21-14-4-5-17(27)16(11-14)19(29)30-12-18(28)26-8-6-25(7-9-26)15-3-1-2-13(10-15)20(22,23)24/h1-5,10-11,27H,6-9,12H2. The molecule has 160 valence electrons. The summed E-state index contributed by atoms with van der Waals surface area (Å²) in [4.78, 5) is 27.6. The van der Waals surface area contributed by atoms with Gasteiger partial charge in [-0.1, -0.05) is 17.7 Å². The van der Waals surface area contributed by atoms with Crippen LogP contribution in [0.4, 0.5) is 18.9 Å². The number of piperazine rings is 1. The molecule has 30 heavy (non-hydrogen) atoms. The summed E-state index contributed by atoms with van der Waals surface area (Å²) in [5.41, 5.74) is -0.445. The van der Waals surface area contributed by atoms with Crippen LogP contribution in [0.2, 0.25) is 5.02 Å². The maximum Gasteiger partial charge on any atom is 0.416 e. The van der Waals surface area contributed by atoms with Crippen molar-refractivity contribution in [1.82, 2.24) is 4.90 Å².